The lowest BCUT2D eigenvalue weighted by Crippen LogP contribution is -1.98. The number of hydrogen-bond acceptors (Lipinski definition) is 1. The summed E-state index contributed by atoms with van der Waals surface area (Å²) >= 11 is 5.57. The van der Waals surface area contributed by atoms with E-state index in [9.17, 15) is 9.50 Å². The molecular formula is C12H14ClFO. The summed E-state index contributed by atoms with van der Waals surface area (Å²) in [6.45, 7) is 0. The molecule has 2 rings (SSSR count). The topological polar surface area (TPSA) is 20.2 Å². The number of aliphatic hydroxyl groups excluding tert-OH is 1. The molecule has 0 bridgehead atoms. The summed E-state index contributed by atoms with van der Waals surface area (Å²) in [5.74, 6) is 0.330. The largest absolute Gasteiger partial charge is 0.388 e. The van der Waals surface area contributed by atoms with Crippen LogP contribution in [0.1, 0.15) is 37.4 Å². The minimum atomic E-state index is -0.558. The van der Waals surface area contributed by atoms with E-state index < -0.39 is 11.9 Å². The monoisotopic (exact) mass is 228 g/mol. The molecule has 1 atom stereocenters. The number of rotatable bonds is 4. The van der Waals surface area contributed by atoms with Gasteiger partial charge in [-0.1, -0.05) is 30.5 Å². The van der Waals surface area contributed by atoms with Crippen LogP contribution in [-0.4, -0.2) is 5.11 Å². The van der Waals surface area contributed by atoms with Gasteiger partial charge in [-0.3, -0.25) is 0 Å². The molecule has 1 aliphatic rings. The minimum absolute atomic E-state index is 0.105. The van der Waals surface area contributed by atoms with Crippen LogP contribution < -0.4 is 0 Å². The van der Waals surface area contributed by atoms with E-state index in [-0.39, 0.29) is 5.02 Å². The highest BCUT2D eigenvalue weighted by Gasteiger charge is 2.22. The van der Waals surface area contributed by atoms with Gasteiger partial charge >= 0.3 is 0 Å². The Bertz CT molecular complexity index is 349. The molecule has 1 aromatic rings. The van der Waals surface area contributed by atoms with E-state index in [4.69, 9.17) is 11.6 Å². The summed E-state index contributed by atoms with van der Waals surface area (Å²) < 4.78 is 13.1. The summed E-state index contributed by atoms with van der Waals surface area (Å²) in [7, 11) is 0. The number of aliphatic hydroxyl groups is 1. The standard InChI is InChI=1S/C12H14ClFO/c13-10-5-4-9(7-11(10)14)12(15)6-3-8-1-2-8/h4-5,7-8,12,15H,1-3,6H2. The highest BCUT2D eigenvalue weighted by atomic mass is 35.5. The lowest BCUT2D eigenvalue weighted by Gasteiger charge is -2.10. The van der Waals surface area contributed by atoms with Crippen LogP contribution in [0.2, 0.25) is 5.02 Å². The number of halogens is 2. The van der Waals surface area contributed by atoms with E-state index >= 15 is 0 Å². The Balaban J connectivity index is 1.97. The highest BCUT2D eigenvalue weighted by Crippen LogP contribution is 2.36. The second kappa shape index (κ2) is 4.50. The predicted molar refractivity (Wildman–Crippen MR) is 58.3 cm³/mol. The van der Waals surface area contributed by atoms with Gasteiger partial charge in [0.05, 0.1) is 11.1 Å². The zero-order valence-corrected chi connectivity index (χ0v) is 9.17. The van der Waals surface area contributed by atoms with Gasteiger partial charge in [0.15, 0.2) is 0 Å². The van der Waals surface area contributed by atoms with E-state index in [1.807, 2.05) is 0 Å². The zero-order valence-electron chi connectivity index (χ0n) is 8.42. The first-order valence-electron chi connectivity index (χ1n) is 5.30. The molecule has 0 heterocycles. The van der Waals surface area contributed by atoms with E-state index in [0.29, 0.717) is 12.0 Å². The van der Waals surface area contributed by atoms with Gasteiger partial charge in [0.2, 0.25) is 0 Å². The molecule has 0 radical (unpaired) electrons. The van der Waals surface area contributed by atoms with Crippen LogP contribution in [0.4, 0.5) is 4.39 Å². The highest BCUT2D eigenvalue weighted by molar-refractivity contribution is 6.30. The molecule has 1 unspecified atom stereocenters. The molecule has 3 heteroatoms. The Morgan fingerprint density at radius 1 is 1.47 bits per heavy atom. The Hall–Kier alpha value is -0.600. The Morgan fingerprint density at radius 3 is 2.80 bits per heavy atom. The van der Waals surface area contributed by atoms with Crippen LogP contribution in [0.15, 0.2) is 18.2 Å². The van der Waals surface area contributed by atoms with Gasteiger partial charge in [-0.05, 0) is 36.5 Å². The Labute approximate surface area is 93.9 Å². The predicted octanol–water partition coefficient (Wildman–Crippen LogP) is 3.70. The maximum absolute atomic E-state index is 13.1. The van der Waals surface area contributed by atoms with Crippen molar-refractivity contribution >= 4 is 11.6 Å². The van der Waals surface area contributed by atoms with Gasteiger partial charge < -0.3 is 5.11 Å². The smallest absolute Gasteiger partial charge is 0.142 e. The summed E-state index contributed by atoms with van der Waals surface area (Å²) in [5.41, 5.74) is 0.623. The third kappa shape index (κ3) is 2.93. The van der Waals surface area contributed by atoms with Crippen molar-refractivity contribution in [3.05, 3.63) is 34.6 Å². The first-order valence-corrected chi connectivity index (χ1v) is 5.67. The van der Waals surface area contributed by atoms with Crippen LogP contribution in [0.3, 0.4) is 0 Å². The molecule has 1 aliphatic carbocycles. The van der Waals surface area contributed by atoms with Crippen LogP contribution >= 0.6 is 11.6 Å². The SMILES string of the molecule is OC(CCC1CC1)c1ccc(Cl)c(F)c1. The van der Waals surface area contributed by atoms with Gasteiger partial charge in [0.25, 0.3) is 0 Å². The third-order valence-corrected chi connectivity index (χ3v) is 3.18. The zero-order chi connectivity index (χ0) is 10.8. The number of hydrogen-bond donors (Lipinski definition) is 1. The van der Waals surface area contributed by atoms with Gasteiger partial charge in [-0.25, -0.2) is 4.39 Å². The van der Waals surface area contributed by atoms with E-state index in [0.717, 1.165) is 12.3 Å². The van der Waals surface area contributed by atoms with Crippen molar-refractivity contribution in [1.29, 1.82) is 0 Å². The van der Waals surface area contributed by atoms with Crippen molar-refractivity contribution in [3.63, 3.8) is 0 Å². The molecule has 1 fully saturated rings. The number of benzene rings is 1. The molecule has 0 amide bonds. The fourth-order valence-corrected chi connectivity index (χ4v) is 1.80. The molecule has 0 spiro atoms. The molecule has 15 heavy (non-hydrogen) atoms. The summed E-state index contributed by atoms with van der Waals surface area (Å²) in [6.07, 6.45) is 3.75. The Morgan fingerprint density at radius 2 is 2.20 bits per heavy atom. The van der Waals surface area contributed by atoms with E-state index in [1.165, 1.54) is 25.0 Å². The molecule has 0 saturated heterocycles. The van der Waals surface area contributed by atoms with Gasteiger partial charge in [-0.15, -0.1) is 0 Å². The first-order chi connectivity index (χ1) is 7.16. The third-order valence-electron chi connectivity index (χ3n) is 2.87. The van der Waals surface area contributed by atoms with Crippen molar-refractivity contribution < 1.29 is 9.50 Å². The quantitative estimate of drug-likeness (QED) is 0.833. The summed E-state index contributed by atoms with van der Waals surface area (Å²) in [4.78, 5) is 0. The van der Waals surface area contributed by atoms with Crippen molar-refractivity contribution in [3.8, 4) is 0 Å². The van der Waals surface area contributed by atoms with Crippen molar-refractivity contribution in [2.75, 3.05) is 0 Å². The van der Waals surface area contributed by atoms with E-state index in [2.05, 4.69) is 0 Å². The van der Waals surface area contributed by atoms with Crippen LogP contribution in [0.25, 0.3) is 0 Å². The van der Waals surface area contributed by atoms with Crippen molar-refractivity contribution in [1.82, 2.24) is 0 Å². The molecule has 1 nitrogen and oxygen atoms in total. The van der Waals surface area contributed by atoms with Crippen LogP contribution in [0.5, 0.6) is 0 Å². The molecular weight excluding hydrogens is 215 g/mol. The first kappa shape index (κ1) is 10.9. The Kier molecular flexibility index (Phi) is 3.27. The molecule has 0 aliphatic heterocycles. The molecule has 1 saturated carbocycles. The molecule has 82 valence electrons. The molecule has 1 aromatic carbocycles. The normalized spacial score (nSPS) is 17.8. The van der Waals surface area contributed by atoms with Crippen molar-refractivity contribution in [2.45, 2.75) is 31.8 Å². The van der Waals surface area contributed by atoms with E-state index in [1.54, 1.807) is 6.07 Å². The maximum atomic E-state index is 13.1. The van der Waals surface area contributed by atoms with Gasteiger partial charge in [-0.2, -0.15) is 0 Å². The van der Waals surface area contributed by atoms with Gasteiger partial charge in [0, 0.05) is 0 Å². The van der Waals surface area contributed by atoms with Crippen LogP contribution in [-0.2, 0) is 0 Å². The van der Waals surface area contributed by atoms with Gasteiger partial charge in [0.1, 0.15) is 5.82 Å². The molecule has 1 N–H and O–H groups in total. The fourth-order valence-electron chi connectivity index (χ4n) is 1.69. The van der Waals surface area contributed by atoms with Crippen LogP contribution in [0, 0.1) is 11.7 Å². The summed E-state index contributed by atoms with van der Waals surface area (Å²) in [5, 5.41) is 9.91. The lowest BCUT2D eigenvalue weighted by molar-refractivity contribution is 0.162. The maximum Gasteiger partial charge on any atom is 0.142 e. The second-order valence-corrected chi connectivity index (χ2v) is 4.62. The summed E-state index contributed by atoms with van der Waals surface area (Å²) in [6, 6.07) is 4.50. The lowest BCUT2D eigenvalue weighted by atomic mass is 10.0. The fraction of sp³-hybridized carbons (Fsp3) is 0.500. The molecule has 0 aromatic heterocycles. The minimum Gasteiger partial charge on any atom is -0.388 e. The second-order valence-electron chi connectivity index (χ2n) is 4.21. The van der Waals surface area contributed by atoms with Crippen molar-refractivity contribution in [2.24, 2.45) is 5.92 Å². The average molecular weight is 229 g/mol. The average Bonchev–Trinajstić information content (AvgIpc) is 3.02.